The maximum atomic E-state index is 5.43. The minimum absolute atomic E-state index is 0.579. The summed E-state index contributed by atoms with van der Waals surface area (Å²) in [6.07, 6.45) is 3.74. The molecule has 0 amide bonds. The summed E-state index contributed by atoms with van der Waals surface area (Å²) in [5, 5.41) is 0. The molecule has 0 atom stereocenters. The van der Waals surface area contributed by atoms with Gasteiger partial charge in [-0.3, -0.25) is 0 Å². The van der Waals surface area contributed by atoms with E-state index in [1.54, 1.807) is 21.3 Å². The van der Waals surface area contributed by atoms with Crippen molar-refractivity contribution in [2.24, 2.45) is 0 Å². The van der Waals surface area contributed by atoms with Crippen LogP contribution in [0.3, 0.4) is 0 Å². The Morgan fingerprint density at radius 1 is 0.938 bits per heavy atom. The zero-order valence-electron chi connectivity index (χ0n) is 10.1. The third-order valence-electron chi connectivity index (χ3n) is 3.27. The summed E-state index contributed by atoms with van der Waals surface area (Å²) in [7, 11) is 5.03. The van der Waals surface area contributed by atoms with E-state index in [1.807, 2.05) is 12.1 Å². The number of ether oxygens (including phenoxy) is 3. The molecule has 1 aliphatic carbocycles. The second-order valence-corrected chi connectivity index (χ2v) is 4.07. The highest BCUT2D eigenvalue weighted by Crippen LogP contribution is 2.47. The summed E-state index contributed by atoms with van der Waals surface area (Å²) < 4.78 is 16.1. The molecule has 1 saturated carbocycles. The van der Waals surface area contributed by atoms with E-state index >= 15 is 0 Å². The molecule has 16 heavy (non-hydrogen) atoms. The Bertz CT molecular complexity index is 344. The number of rotatable bonds is 4. The topological polar surface area (TPSA) is 27.7 Å². The Balaban J connectivity index is 2.45. The van der Waals surface area contributed by atoms with Gasteiger partial charge in [0, 0.05) is 17.7 Å². The number of hydrogen-bond donors (Lipinski definition) is 0. The average molecular weight is 222 g/mol. The van der Waals surface area contributed by atoms with Gasteiger partial charge in [-0.15, -0.1) is 0 Å². The molecule has 1 aromatic carbocycles. The predicted octanol–water partition coefficient (Wildman–Crippen LogP) is 2.98. The van der Waals surface area contributed by atoms with Crippen LogP contribution in [-0.4, -0.2) is 21.3 Å². The van der Waals surface area contributed by atoms with Crippen LogP contribution in [0.1, 0.15) is 30.7 Å². The van der Waals surface area contributed by atoms with Crippen LogP contribution in [0.15, 0.2) is 12.1 Å². The zero-order chi connectivity index (χ0) is 11.5. The normalized spacial score (nSPS) is 15.4. The van der Waals surface area contributed by atoms with E-state index in [4.69, 9.17) is 14.2 Å². The maximum Gasteiger partial charge on any atom is 0.129 e. The van der Waals surface area contributed by atoms with Crippen LogP contribution in [0.5, 0.6) is 17.2 Å². The molecule has 0 saturated heterocycles. The first-order valence-corrected chi connectivity index (χ1v) is 5.60. The van der Waals surface area contributed by atoms with E-state index in [2.05, 4.69) is 0 Å². The van der Waals surface area contributed by atoms with Crippen LogP contribution in [0, 0.1) is 0 Å². The summed E-state index contributed by atoms with van der Waals surface area (Å²) in [5.41, 5.74) is 1.19. The molecule has 0 bridgehead atoms. The van der Waals surface area contributed by atoms with Crippen LogP contribution >= 0.6 is 0 Å². The van der Waals surface area contributed by atoms with Gasteiger partial charge in [-0.05, 0) is 18.8 Å². The molecule has 88 valence electrons. The van der Waals surface area contributed by atoms with Crippen molar-refractivity contribution >= 4 is 0 Å². The number of hydrogen-bond acceptors (Lipinski definition) is 3. The highest BCUT2D eigenvalue weighted by molar-refractivity contribution is 5.53. The first-order chi connectivity index (χ1) is 7.80. The Labute approximate surface area is 96.3 Å². The smallest absolute Gasteiger partial charge is 0.129 e. The van der Waals surface area contributed by atoms with Gasteiger partial charge in [-0.1, -0.05) is 6.42 Å². The van der Waals surface area contributed by atoms with Crippen LogP contribution < -0.4 is 14.2 Å². The highest BCUT2D eigenvalue weighted by Gasteiger charge is 2.27. The van der Waals surface area contributed by atoms with Crippen LogP contribution in [-0.2, 0) is 0 Å². The standard InChI is InChI=1S/C13H18O3/c1-14-10-7-11(15-2)13(9-5-4-6-9)12(8-10)16-3/h7-9H,4-6H2,1-3H3. The van der Waals surface area contributed by atoms with Gasteiger partial charge in [-0.2, -0.15) is 0 Å². The minimum Gasteiger partial charge on any atom is -0.496 e. The monoisotopic (exact) mass is 222 g/mol. The van der Waals surface area contributed by atoms with E-state index in [1.165, 1.54) is 24.8 Å². The lowest BCUT2D eigenvalue weighted by Crippen LogP contribution is -2.11. The lowest BCUT2D eigenvalue weighted by atomic mass is 9.79. The van der Waals surface area contributed by atoms with E-state index in [9.17, 15) is 0 Å². The summed E-state index contributed by atoms with van der Waals surface area (Å²) in [5.74, 6) is 3.11. The molecule has 0 heterocycles. The third-order valence-corrected chi connectivity index (χ3v) is 3.27. The number of benzene rings is 1. The van der Waals surface area contributed by atoms with Gasteiger partial charge in [0.2, 0.25) is 0 Å². The van der Waals surface area contributed by atoms with Crippen molar-refractivity contribution in [2.75, 3.05) is 21.3 Å². The van der Waals surface area contributed by atoms with E-state index < -0.39 is 0 Å². The van der Waals surface area contributed by atoms with Gasteiger partial charge in [0.1, 0.15) is 17.2 Å². The molecular formula is C13H18O3. The maximum absolute atomic E-state index is 5.43. The van der Waals surface area contributed by atoms with Crippen molar-refractivity contribution < 1.29 is 14.2 Å². The van der Waals surface area contributed by atoms with Gasteiger partial charge >= 0.3 is 0 Å². The highest BCUT2D eigenvalue weighted by atomic mass is 16.5. The van der Waals surface area contributed by atoms with Crippen LogP contribution in [0.2, 0.25) is 0 Å². The fourth-order valence-corrected chi connectivity index (χ4v) is 2.13. The van der Waals surface area contributed by atoms with E-state index in [0.29, 0.717) is 5.92 Å². The van der Waals surface area contributed by atoms with Gasteiger partial charge in [0.05, 0.1) is 21.3 Å². The molecule has 1 aliphatic rings. The van der Waals surface area contributed by atoms with Crippen molar-refractivity contribution in [2.45, 2.75) is 25.2 Å². The molecule has 0 aliphatic heterocycles. The van der Waals surface area contributed by atoms with Crippen molar-refractivity contribution in [3.8, 4) is 17.2 Å². The molecule has 3 heteroatoms. The third kappa shape index (κ3) is 1.82. The molecule has 0 spiro atoms. The zero-order valence-corrected chi connectivity index (χ0v) is 10.1. The fraction of sp³-hybridized carbons (Fsp3) is 0.538. The Hall–Kier alpha value is -1.38. The summed E-state index contributed by atoms with van der Waals surface area (Å²) in [6.45, 7) is 0. The fourth-order valence-electron chi connectivity index (χ4n) is 2.13. The van der Waals surface area contributed by atoms with Crippen LogP contribution in [0.4, 0.5) is 0 Å². The first-order valence-electron chi connectivity index (χ1n) is 5.60. The molecular weight excluding hydrogens is 204 g/mol. The van der Waals surface area contributed by atoms with E-state index in [0.717, 1.165) is 17.2 Å². The SMILES string of the molecule is COc1cc(OC)c(C2CCC2)c(OC)c1. The summed E-state index contributed by atoms with van der Waals surface area (Å²) in [6, 6.07) is 3.85. The predicted molar refractivity (Wildman–Crippen MR) is 62.7 cm³/mol. The molecule has 0 unspecified atom stereocenters. The molecule has 1 fully saturated rings. The molecule has 0 aromatic heterocycles. The van der Waals surface area contributed by atoms with Gasteiger partial charge < -0.3 is 14.2 Å². The summed E-state index contributed by atoms with van der Waals surface area (Å²) in [4.78, 5) is 0. The molecule has 0 N–H and O–H groups in total. The van der Waals surface area contributed by atoms with E-state index in [-0.39, 0.29) is 0 Å². The molecule has 2 rings (SSSR count). The quantitative estimate of drug-likeness (QED) is 0.783. The molecule has 0 radical (unpaired) electrons. The average Bonchev–Trinajstić information content (AvgIpc) is 2.26. The molecule has 3 nitrogen and oxygen atoms in total. The van der Waals surface area contributed by atoms with Crippen molar-refractivity contribution in [1.29, 1.82) is 0 Å². The minimum atomic E-state index is 0.579. The Morgan fingerprint density at radius 2 is 1.50 bits per heavy atom. The van der Waals surface area contributed by atoms with Gasteiger partial charge in [-0.25, -0.2) is 0 Å². The van der Waals surface area contributed by atoms with Crippen molar-refractivity contribution in [3.05, 3.63) is 17.7 Å². The number of methoxy groups -OCH3 is 3. The lowest BCUT2D eigenvalue weighted by molar-refractivity contribution is 0.339. The lowest BCUT2D eigenvalue weighted by Gasteiger charge is -2.29. The Kier molecular flexibility index (Phi) is 3.22. The largest absolute Gasteiger partial charge is 0.496 e. The van der Waals surface area contributed by atoms with Gasteiger partial charge in [0.25, 0.3) is 0 Å². The van der Waals surface area contributed by atoms with Crippen molar-refractivity contribution in [3.63, 3.8) is 0 Å². The van der Waals surface area contributed by atoms with Crippen LogP contribution in [0.25, 0.3) is 0 Å². The summed E-state index contributed by atoms with van der Waals surface area (Å²) >= 11 is 0. The second-order valence-electron chi connectivity index (χ2n) is 4.07. The Morgan fingerprint density at radius 3 is 1.81 bits per heavy atom. The van der Waals surface area contributed by atoms with Crippen molar-refractivity contribution in [1.82, 2.24) is 0 Å². The second kappa shape index (κ2) is 4.64. The molecule has 1 aromatic rings. The van der Waals surface area contributed by atoms with Gasteiger partial charge in [0.15, 0.2) is 0 Å². The first kappa shape index (κ1) is 11.1.